The Kier molecular flexibility index (Phi) is 4.75. The predicted octanol–water partition coefficient (Wildman–Crippen LogP) is 3.43. The van der Waals surface area contributed by atoms with E-state index in [4.69, 9.17) is 29.4 Å². The van der Waals surface area contributed by atoms with Crippen LogP contribution >= 0.6 is 0 Å². The van der Waals surface area contributed by atoms with Crippen molar-refractivity contribution in [3.8, 4) is 46.2 Å². The number of allylic oxidation sites excluding steroid dienone is 1. The molecule has 9 heteroatoms. The van der Waals surface area contributed by atoms with Gasteiger partial charge in [-0.25, -0.2) is 0 Å². The van der Waals surface area contributed by atoms with Crippen molar-refractivity contribution >= 4 is 0 Å². The van der Waals surface area contributed by atoms with Gasteiger partial charge in [-0.15, -0.1) is 5.10 Å². The van der Waals surface area contributed by atoms with Crippen molar-refractivity contribution in [2.45, 2.75) is 12.8 Å². The Morgan fingerprint density at radius 2 is 2.03 bits per heavy atom. The van der Waals surface area contributed by atoms with E-state index in [9.17, 15) is 5.26 Å². The quantitative estimate of drug-likeness (QED) is 0.628. The van der Waals surface area contributed by atoms with Crippen LogP contribution in [-0.4, -0.2) is 30.7 Å². The number of nitriles is 1. The Hall–Kier alpha value is -4.32. The van der Waals surface area contributed by atoms with E-state index in [2.05, 4.69) is 16.3 Å². The van der Waals surface area contributed by atoms with Gasteiger partial charge in [-0.05, 0) is 42.8 Å². The van der Waals surface area contributed by atoms with E-state index in [-0.39, 0.29) is 18.2 Å². The van der Waals surface area contributed by atoms with Gasteiger partial charge in [0.05, 0.1) is 30.9 Å². The molecule has 0 saturated heterocycles. The van der Waals surface area contributed by atoms with Gasteiger partial charge in [0.2, 0.25) is 18.6 Å². The van der Waals surface area contributed by atoms with Gasteiger partial charge in [-0.3, -0.25) is 5.10 Å². The van der Waals surface area contributed by atoms with E-state index in [0.717, 1.165) is 11.1 Å². The number of aromatic nitrogens is 2. The van der Waals surface area contributed by atoms with Gasteiger partial charge in [0.15, 0.2) is 23.0 Å². The Morgan fingerprint density at radius 3 is 2.81 bits per heavy atom. The van der Waals surface area contributed by atoms with Crippen molar-refractivity contribution in [1.29, 1.82) is 5.26 Å². The van der Waals surface area contributed by atoms with Gasteiger partial charge in [0, 0.05) is 5.56 Å². The summed E-state index contributed by atoms with van der Waals surface area (Å²) in [5, 5.41) is 17.3. The third-order valence-electron chi connectivity index (χ3n) is 5.42. The first kappa shape index (κ1) is 19.6. The minimum absolute atomic E-state index is 0.0162. The Bertz CT molecular complexity index is 1270. The number of ether oxygens (including phenoxy) is 5. The monoisotopic (exact) mass is 432 g/mol. The van der Waals surface area contributed by atoms with Crippen LogP contribution in [0.25, 0.3) is 11.3 Å². The van der Waals surface area contributed by atoms with E-state index in [1.165, 1.54) is 0 Å². The van der Waals surface area contributed by atoms with E-state index >= 15 is 0 Å². The van der Waals surface area contributed by atoms with E-state index in [0.29, 0.717) is 46.7 Å². The maximum atomic E-state index is 9.93. The molecule has 162 valence electrons. The molecule has 3 N–H and O–H groups in total. The van der Waals surface area contributed by atoms with Gasteiger partial charge in [-0.1, -0.05) is 6.07 Å². The first-order valence-corrected chi connectivity index (χ1v) is 10.0. The average Bonchev–Trinajstić information content (AvgIpc) is 3.44. The largest absolute Gasteiger partial charge is 0.493 e. The molecule has 0 amide bonds. The number of hydrogen-bond donors (Lipinski definition) is 2. The number of nitrogens with zero attached hydrogens (tertiary/aromatic N) is 2. The second kappa shape index (κ2) is 7.74. The van der Waals surface area contributed by atoms with E-state index < -0.39 is 5.92 Å². The second-order valence-electron chi connectivity index (χ2n) is 7.15. The number of nitrogens with two attached hydrogens (primary N) is 1. The summed E-state index contributed by atoms with van der Waals surface area (Å²) < 4.78 is 27.8. The fourth-order valence-electron chi connectivity index (χ4n) is 3.99. The van der Waals surface area contributed by atoms with Gasteiger partial charge >= 0.3 is 0 Å². The molecule has 2 aromatic carbocycles. The van der Waals surface area contributed by atoms with Crippen molar-refractivity contribution in [3.63, 3.8) is 0 Å². The summed E-state index contributed by atoms with van der Waals surface area (Å²) in [5.41, 5.74) is 9.38. The molecular weight excluding hydrogens is 412 g/mol. The number of rotatable bonds is 5. The Labute approximate surface area is 183 Å². The maximum absolute atomic E-state index is 9.93. The van der Waals surface area contributed by atoms with Crippen LogP contribution in [0.3, 0.4) is 0 Å². The molecule has 1 atom stereocenters. The molecule has 3 aromatic rings. The second-order valence-corrected chi connectivity index (χ2v) is 7.15. The zero-order valence-electron chi connectivity index (χ0n) is 17.5. The van der Waals surface area contributed by atoms with Crippen LogP contribution in [0.2, 0.25) is 0 Å². The average molecular weight is 432 g/mol. The number of methoxy groups -OCH3 is 1. The molecule has 2 aliphatic heterocycles. The van der Waals surface area contributed by atoms with Crippen molar-refractivity contribution in [2.75, 3.05) is 20.5 Å². The van der Waals surface area contributed by atoms with Gasteiger partial charge < -0.3 is 29.4 Å². The molecule has 0 radical (unpaired) electrons. The lowest BCUT2D eigenvalue weighted by molar-refractivity contribution is 0.174. The SMILES string of the molecule is CCOc1cc([C@@H]2C(C#N)=C(N)Oc3n[nH]c(-c4ccc5c(c4)OCO5)c32)ccc1OC. The highest BCUT2D eigenvalue weighted by molar-refractivity contribution is 5.73. The smallest absolute Gasteiger partial charge is 0.244 e. The Morgan fingerprint density at radius 1 is 1.19 bits per heavy atom. The molecule has 9 nitrogen and oxygen atoms in total. The fraction of sp³-hybridized carbons (Fsp3) is 0.217. The zero-order valence-corrected chi connectivity index (χ0v) is 17.5. The number of fused-ring (bicyclic) bond motifs is 2. The first-order valence-electron chi connectivity index (χ1n) is 10.0. The van der Waals surface area contributed by atoms with Crippen LogP contribution in [0, 0.1) is 11.3 Å². The zero-order chi connectivity index (χ0) is 22.2. The van der Waals surface area contributed by atoms with Crippen molar-refractivity contribution in [1.82, 2.24) is 10.2 Å². The lowest BCUT2D eigenvalue weighted by Gasteiger charge is -2.25. The van der Waals surface area contributed by atoms with Crippen LogP contribution in [0.1, 0.15) is 24.0 Å². The Balaban J connectivity index is 1.68. The number of aromatic amines is 1. The third-order valence-corrected chi connectivity index (χ3v) is 5.42. The molecule has 0 spiro atoms. The summed E-state index contributed by atoms with van der Waals surface area (Å²) in [6, 6.07) is 13.3. The first-order chi connectivity index (χ1) is 15.6. The number of H-pyrrole nitrogens is 1. The topological polar surface area (TPSA) is 125 Å². The summed E-state index contributed by atoms with van der Waals surface area (Å²) in [6.07, 6.45) is 0. The number of hydrogen-bond acceptors (Lipinski definition) is 8. The molecular formula is C23H20N4O5. The highest BCUT2D eigenvalue weighted by Gasteiger charge is 2.36. The van der Waals surface area contributed by atoms with Gasteiger partial charge in [-0.2, -0.15) is 5.26 Å². The maximum Gasteiger partial charge on any atom is 0.244 e. The van der Waals surface area contributed by atoms with Gasteiger partial charge in [0.25, 0.3) is 0 Å². The lowest BCUT2D eigenvalue weighted by Crippen LogP contribution is -2.21. The van der Waals surface area contributed by atoms with Crippen molar-refractivity contribution in [3.05, 3.63) is 59.0 Å². The van der Waals surface area contributed by atoms with E-state index in [1.807, 2.05) is 37.3 Å². The minimum Gasteiger partial charge on any atom is -0.493 e. The third kappa shape index (κ3) is 3.04. The summed E-state index contributed by atoms with van der Waals surface area (Å²) in [7, 11) is 1.58. The molecule has 0 unspecified atom stereocenters. The molecule has 0 saturated carbocycles. The predicted molar refractivity (Wildman–Crippen MR) is 114 cm³/mol. The highest BCUT2D eigenvalue weighted by atomic mass is 16.7. The standard InChI is InChI=1S/C23H20N4O5/c1-3-29-17-8-12(4-6-15(17)28-2)19-14(10-24)22(25)32-23-20(19)21(26-27-23)13-5-7-16-18(9-13)31-11-30-16/h4-9,19H,3,11,25H2,1-2H3,(H,26,27)/t19-/m1/s1. The van der Waals surface area contributed by atoms with Gasteiger partial charge in [0.1, 0.15) is 11.6 Å². The number of benzene rings is 2. The van der Waals surface area contributed by atoms with Crippen LogP contribution in [0.4, 0.5) is 0 Å². The highest BCUT2D eigenvalue weighted by Crippen LogP contribution is 2.48. The molecule has 0 bridgehead atoms. The van der Waals surface area contributed by atoms with Crippen LogP contribution < -0.4 is 29.4 Å². The minimum atomic E-state index is -0.520. The van der Waals surface area contributed by atoms with Crippen LogP contribution in [0.15, 0.2) is 47.9 Å². The molecule has 32 heavy (non-hydrogen) atoms. The molecule has 0 fully saturated rings. The summed E-state index contributed by atoms with van der Waals surface area (Å²) >= 11 is 0. The van der Waals surface area contributed by atoms with Crippen LogP contribution in [0.5, 0.6) is 28.9 Å². The molecule has 5 rings (SSSR count). The van der Waals surface area contributed by atoms with Crippen molar-refractivity contribution < 1.29 is 23.7 Å². The normalized spacial score (nSPS) is 16.2. The summed E-state index contributed by atoms with van der Waals surface area (Å²) in [6.45, 7) is 2.54. The molecule has 0 aliphatic carbocycles. The molecule has 3 heterocycles. The van der Waals surface area contributed by atoms with Crippen molar-refractivity contribution in [2.24, 2.45) is 5.73 Å². The summed E-state index contributed by atoms with van der Waals surface area (Å²) in [4.78, 5) is 0. The van der Waals surface area contributed by atoms with Crippen LogP contribution in [-0.2, 0) is 0 Å². The van der Waals surface area contributed by atoms with E-state index in [1.54, 1.807) is 13.2 Å². The summed E-state index contributed by atoms with van der Waals surface area (Å²) in [5.74, 6) is 2.29. The lowest BCUT2D eigenvalue weighted by atomic mass is 9.83. The fourth-order valence-corrected chi connectivity index (χ4v) is 3.99. The molecule has 2 aliphatic rings. The number of nitrogens with one attached hydrogen (secondary N) is 1. The molecule has 1 aromatic heterocycles.